The highest BCUT2D eigenvalue weighted by Crippen LogP contribution is 2.34. The molecule has 1 aromatic carbocycles. The summed E-state index contributed by atoms with van der Waals surface area (Å²) in [5.41, 5.74) is 8.18. The van der Waals surface area contributed by atoms with Crippen molar-refractivity contribution >= 4 is 24.1 Å². The number of hydrogen-bond donors (Lipinski definition) is 1. The Labute approximate surface area is 130 Å². The maximum atomic E-state index is 6.33. The highest BCUT2D eigenvalue weighted by atomic mass is 35.5. The van der Waals surface area contributed by atoms with E-state index in [9.17, 15) is 0 Å². The molecule has 3 rings (SSSR count). The Morgan fingerprint density at radius 1 is 1.24 bits per heavy atom. The largest absolute Gasteiger partial charge is 0.335 e. The van der Waals surface area contributed by atoms with Gasteiger partial charge in [0.05, 0.1) is 5.54 Å². The summed E-state index contributed by atoms with van der Waals surface area (Å²) in [6.45, 7) is 2.03. The van der Waals surface area contributed by atoms with E-state index in [1.807, 2.05) is 31.2 Å². The van der Waals surface area contributed by atoms with Crippen molar-refractivity contribution in [3.8, 4) is 0 Å². The zero-order valence-corrected chi connectivity index (χ0v) is 12.9. The van der Waals surface area contributed by atoms with Crippen LogP contribution in [0.5, 0.6) is 0 Å². The highest BCUT2D eigenvalue weighted by molar-refractivity contribution is 5.85. The number of benzene rings is 1. The topological polar surface area (TPSA) is 64.9 Å². The van der Waals surface area contributed by atoms with Crippen LogP contribution in [0.3, 0.4) is 0 Å². The lowest BCUT2D eigenvalue weighted by Gasteiger charge is -2.17. The van der Waals surface area contributed by atoms with E-state index >= 15 is 0 Å². The number of halogens is 1. The fourth-order valence-corrected chi connectivity index (χ4v) is 2.70. The van der Waals surface area contributed by atoms with E-state index in [1.54, 1.807) is 0 Å². The van der Waals surface area contributed by atoms with Crippen molar-refractivity contribution < 1.29 is 4.52 Å². The number of allylic oxidation sites excluding steroid dienone is 1. The van der Waals surface area contributed by atoms with Crippen LogP contribution in [-0.2, 0) is 5.54 Å². The molecule has 1 fully saturated rings. The highest BCUT2D eigenvalue weighted by Gasteiger charge is 2.35. The van der Waals surface area contributed by atoms with E-state index < -0.39 is 5.54 Å². The maximum absolute atomic E-state index is 6.33. The molecule has 0 spiro atoms. The molecule has 1 heterocycles. The van der Waals surface area contributed by atoms with Crippen molar-refractivity contribution in [2.45, 2.75) is 38.1 Å². The van der Waals surface area contributed by atoms with Gasteiger partial charge in [0.1, 0.15) is 0 Å². The van der Waals surface area contributed by atoms with E-state index in [1.165, 1.54) is 0 Å². The van der Waals surface area contributed by atoms with Gasteiger partial charge < -0.3 is 10.3 Å². The van der Waals surface area contributed by atoms with Gasteiger partial charge in [0, 0.05) is 6.08 Å². The SMILES string of the molecule is C/C(=C/c1nc(C2(N)CCCC2)no1)c1ccccc1.Cl. The lowest BCUT2D eigenvalue weighted by molar-refractivity contribution is 0.364. The third-order valence-corrected chi connectivity index (χ3v) is 3.95. The van der Waals surface area contributed by atoms with Gasteiger partial charge in [0.2, 0.25) is 0 Å². The molecule has 1 saturated carbocycles. The smallest absolute Gasteiger partial charge is 0.250 e. The Hall–Kier alpha value is -1.65. The Morgan fingerprint density at radius 2 is 1.90 bits per heavy atom. The molecule has 4 nitrogen and oxygen atoms in total. The van der Waals surface area contributed by atoms with Gasteiger partial charge in [-0.1, -0.05) is 48.3 Å². The molecular formula is C16H20ClN3O. The number of rotatable bonds is 3. The first-order chi connectivity index (χ1) is 9.67. The van der Waals surface area contributed by atoms with E-state index in [4.69, 9.17) is 10.3 Å². The summed E-state index contributed by atoms with van der Waals surface area (Å²) >= 11 is 0. The first-order valence-electron chi connectivity index (χ1n) is 7.04. The Bertz CT molecular complexity index is 615. The predicted octanol–water partition coefficient (Wildman–Crippen LogP) is 3.78. The molecule has 0 unspecified atom stereocenters. The first kappa shape index (κ1) is 15.7. The Balaban J connectivity index is 0.00000161. The molecular weight excluding hydrogens is 286 g/mol. The molecule has 112 valence electrons. The van der Waals surface area contributed by atoms with E-state index in [0.29, 0.717) is 11.7 Å². The normalized spacial score (nSPS) is 17.5. The average Bonchev–Trinajstić information content (AvgIpc) is 3.10. The molecule has 2 aromatic rings. The molecule has 1 aliphatic carbocycles. The van der Waals surface area contributed by atoms with Crippen LogP contribution < -0.4 is 5.73 Å². The molecule has 21 heavy (non-hydrogen) atoms. The second-order valence-corrected chi connectivity index (χ2v) is 5.51. The van der Waals surface area contributed by atoms with Crippen LogP contribution in [0.25, 0.3) is 11.6 Å². The van der Waals surface area contributed by atoms with Gasteiger partial charge in [-0.05, 0) is 30.9 Å². The van der Waals surface area contributed by atoms with Crippen LogP contribution in [0.4, 0.5) is 0 Å². The van der Waals surface area contributed by atoms with Gasteiger partial charge in [-0.25, -0.2) is 0 Å². The van der Waals surface area contributed by atoms with Gasteiger partial charge in [-0.3, -0.25) is 0 Å². The van der Waals surface area contributed by atoms with Gasteiger partial charge in [0.15, 0.2) is 5.82 Å². The third-order valence-electron chi connectivity index (χ3n) is 3.95. The summed E-state index contributed by atoms with van der Waals surface area (Å²) in [7, 11) is 0. The van der Waals surface area contributed by atoms with Gasteiger partial charge in [-0.2, -0.15) is 4.98 Å². The second-order valence-electron chi connectivity index (χ2n) is 5.51. The van der Waals surface area contributed by atoms with Crippen LogP contribution in [0, 0.1) is 0 Å². The fourth-order valence-electron chi connectivity index (χ4n) is 2.70. The summed E-state index contributed by atoms with van der Waals surface area (Å²) in [5.74, 6) is 1.17. The van der Waals surface area contributed by atoms with Crippen LogP contribution in [-0.4, -0.2) is 10.1 Å². The lowest BCUT2D eigenvalue weighted by atomic mass is 9.99. The van der Waals surface area contributed by atoms with Crippen molar-refractivity contribution in [2.75, 3.05) is 0 Å². The van der Waals surface area contributed by atoms with Crippen LogP contribution in [0.15, 0.2) is 34.9 Å². The van der Waals surface area contributed by atoms with Gasteiger partial charge in [0.25, 0.3) is 5.89 Å². The minimum atomic E-state index is -0.393. The minimum Gasteiger partial charge on any atom is -0.335 e. The zero-order chi connectivity index (χ0) is 14.0. The molecule has 0 amide bonds. The van der Waals surface area contributed by atoms with Crippen molar-refractivity contribution in [3.63, 3.8) is 0 Å². The first-order valence-corrected chi connectivity index (χ1v) is 7.04. The number of nitrogens with zero attached hydrogens (tertiary/aromatic N) is 2. The molecule has 1 aliphatic rings. The molecule has 0 bridgehead atoms. The molecule has 0 aliphatic heterocycles. The van der Waals surface area contributed by atoms with E-state index in [-0.39, 0.29) is 12.4 Å². The van der Waals surface area contributed by atoms with Gasteiger partial charge >= 0.3 is 0 Å². The van der Waals surface area contributed by atoms with Gasteiger partial charge in [-0.15, -0.1) is 12.4 Å². The summed E-state index contributed by atoms with van der Waals surface area (Å²) < 4.78 is 5.32. The zero-order valence-electron chi connectivity index (χ0n) is 12.1. The average molecular weight is 306 g/mol. The minimum absolute atomic E-state index is 0. The van der Waals surface area contributed by atoms with Crippen molar-refractivity contribution in [1.82, 2.24) is 10.1 Å². The lowest BCUT2D eigenvalue weighted by Crippen LogP contribution is -2.34. The molecule has 2 N–H and O–H groups in total. The number of aromatic nitrogens is 2. The molecule has 1 aromatic heterocycles. The van der Waals surface area contributed by atoms with E-state index in [0.717, 1.165) is 36.8 Å². The van der Waals surface area contributed by atoms with Crippen LogP contribution >= 0.6 is 12.4 Å². The summed E-state index contributed by atoms with van der Waals surface area (Å²) in [4.78, 5) is 4.45. The summed E-state index contributed by atoms with van der Waals surface area (Å²) in [5, 5.41) is 4.06. The predicted molar refractivity (Wildman–Crippen MR) is 85.9 cm³/mol. The van der Waals surface area contributed by atoms with Crippen molar-refractivity contribution in [1.29, 1.82) is 0 Å². The second kappa shape index (κ2) is 6.41. The fraction of sp³-hybridized carbons (Fsp3) is 0.375. The maximum Gasteiger partial charge on any atom is 0.250 e. The summed E-state index contributed by atoms with van der Waals surface area (Å²) in [6.07, 6.45) is 6.06. The number of hydrogen-bond acceptors (Lipinski definition) is 4. The quantitative estimate of drug-likeness (QED) is 0.937. The Morgan fingerprint density at radius 3 is 2.57 bits per heavy atom. The molecule has 0 atom stereocenters. The van der Waals surface area contributed by atoms with E-state index in [2.05, 4.69) is 22.3 Å². The molecule has 0 radical (unpaired) electrons. The third kappa shape index (κ3) is 3.34. The molecule has 0 saturated heterocycles. The van der Waals surface area contributed by atoms with Crippen molar-refractivity contribution in [2.24, 2.45) is 5.73 Å². The van der Waals surface area contributed by atoms with Crippen LogP contribution in [0.1, 0.15) is 49.9 Å². The standard InChI is InChI=1S/C16H19N3O.ClH/c1-12(13-7-3-2-4-8-13)11-14-18-15(19-20-14)16(17)9-5-6-10-16;/h2-4,7-8,11H,5-6,9-10,17H2,1H3;1H/b12-11-;. The van der Waals surface area contributed by atoms with Crippen molar-refractivity contribution in [3.05, 3.63) is 47.6 Å². The summed E-state index contributed by atoms with van der Waals surface area (Å²) in [6, 6.07) is 10.1. The monoisotopic (exact) mass is 305 g/mol. The Kier molecular flexibility index (Phi) is 4.80. The van der Waals surface area contributed by atoms with Crippen LogP contribution in [0.2, 0.25) is 0 Å². The molecule has 5 heteroatoms. The number of nitrogens with two attached hydrogens (primary N) is 1.